The lowest BCUT2D eigenvalue weighted by molar-refractivity contribution is 0.270. The van der Waals surface area contributed by atoms with Crippen molar-refractivity contribution < 1.29 is 13.5 Å². The van der Waals surface area contributed by atoms with Gasteiger partial charge >= 0.3 is 0 Å². The molecule has 0 aliphatic carbocycles. The van der Waals surface area contributed by atoms with E-state index in [-0.39, 0.29) is 12.4 Å². The predicted molar refractivity (Wildman–Crippen MR) is 69.1 cm³/mol. The molecule has 0 aliphatic heterocycles. The summed E-state index contributed by atoms with van der Waals surface area (Å²) in [7, 11) is 0. The average Bonchev–Trinajstić information content (AvgIpc) is 2.39. The number of aromatic nitrogens is 1. The topological polar surface area (TPSA) is 34.2 Å². The van der Waals surface area contributed by atoms with E-state index in [0.717, 1.165) is 24.4 Å². The molecule has 0 saturated carbocycles. The molecule has 0 saturated heterocycles. The number of para-hydroxylation sites is 1. The van der Waals surface area contributed by atoms with Gasteiger partial charge in [-0.2, -0.15) is 0 Å². The second-order valence-electron chi connectivity index (χ2n) is 3.91. The van der Waals surface area contributed by atoms with Crippen LogP contribution in [0.25, 0.3) is 0 Å². The maximum absolute atomic E-state index is 13.4. The molecule has 0 amide bonds. The number of anilines is 1. The number of nitrogens with zero attached hydrogens (tertiary/aromatic N) is 1. The van der Waals surface area contributed by atoms with Crippen molar-refractivity contribution in [3.05, 3.63) is 53.9 Å². The molecule has 1 aromatic carbocycles. The van der Waals surface area contributed by atoms with E-state index in [2.05, 4.69) is 10.3 Å². The number of benzene rings is 1. The van der Waals surface area contributed by atoms with Crippen LogP contribution < -0.4 is 10.1 Å². The van der Waals surface area contributed by atoms with E-state index in [1.807, 2.05) is 13.0 Å². The summed E-state index contributed by atoms with van der Waals surface area (Å²) in [5.41, 5.74) is 1.49. The monoisotopic (exact) mass is 264 g/mol. The van der Waals surface area contributed by atoms with E-state index in [1.54, 1.807) is 12.3 Å². The largest absolute Gasteiger partial charge is 0.481 e. The smallest absolute Gasteiger partial charge is 0.191 e. The second kappa shape index (κ2) is 6.13. The minimum Gasteiger partial charge on any atom is -0.481 e. The quantitative estimate of drug-likeness (QED) is 0.899. The molecule has 2 aromatic rings. The van der Waals surface area contributed by atoms with Crippen LogP contribution >= 0.6 is 0 Å². The number of hydrogen-bond acceptors (Lipinski definition) is 3. The Morgan fingerprint density at radius 3 is 2.63 bits per heavy atom. The fraction of sp³-hybridized carbons (Fsp3) is 0.214. The SMILES string of the molecule is CCNc1ccnc(COc2c(F)cccc2F)c1. The van der Waals surface area contributed by atoms with Crippen molar-refractivity contribution in [3.8, 4) is 5.75 Å². The highest BCUT2D eigenvalue weighted by atomic mass is 19.1. The van der Waals surface area contributed by atoms with Gasteiger partial charge in [0.1, 0.15) is 6.61 Å². The third-order valence-corrected chi connectivity index (χ3v) is 2.48. The van der Waals surface area contributed by atoms with Gasteiger partial charge in [-0.25, -0.2) is 8.78 Å². The van der Waals surface area contributed by atoms with E-state index in [4.69, 9.17) is 4.74 Å². The Bertz CT molecular complexity index is 541. The van der Waals surface area contributed by atoms with E-state index in [0.29, 0.717) is 5.69 Å². The number of ether oxygens (including phenoxy) is 1. The molecule has 5 heteroatoms. The number of hydrogen-bond donors (Lipinski definition) is 1. The lowest BCUT2D eigenvalue weighted by atomic mass is 10.3. The van der Waals surface area contributed by atoms with Gasteiger partial charge in [-0.1, -0.05) is 6.07 Å². The van der Waals surface area contributed by atoms with Gasteiger partial charge in [0, 0.05) is 18.4 Å². The van der Waals surface area contributed by atoms with Crippen LogP contribution in [0.2, 0.25) is 0 Å². The number of halogens is 2. The van der Waals surface area contributed by atoms with Crippen LogP contribution in [0, 0.1) is 11.6 Å². The summed E-state index contributed by atoms with van der Waals surface area (Å²) in [5.74, 6) is -1.82. The zero-order valence-electron chi connectivity index (χ0n) is 10.5. The molecule has 0 spiro atoms. The molecular formula is C14H14F2N2O. The van der Waals surface area contributed by atoms with E-state index < -0.39 is 11.6 Å². The van der Waals surface area contributed by atoms with Crippen molar-refractivity contribution in [2.75, 3.05) is 11.9 Å². The molecule has 0 fully saturated rings. The standard InChI is InChI=1S/C14H14F2N2O/c1-2-17-10-6-7-18-11(8-10)9-19-14-12(15)4-3-5-13(14)16/h3-8H,2,9H2,1H3,(H,17,18). The zero-order chi connectivity index (χ0) is 13.7. The molecule has 0 atom stereocenters. The first kappa shape index (κ1) is 13.3. The van der Waals surface area contributed by atoms with Gasteiger partial charge in [0.15, 0.2) is 17.4 Å². The number of nitrogens with one attached hydrogen (secondary N) is 1. The van der Waals surface area contributed by atoms with Crippen molar-refractivity contribution in [2.45, 2.75) is 13.5 Å². The van der Waals surface area contributed by atoms with Crippen LogP contribution in [0.3, 0.4) is 0 Å². The van der Waals surface area contributed by atoms with E-state index in [1.165, 1.54) is 6.07 Å². The normalized spacial score (nSPS) is 10.3. The molecule has 1 N–H and O–H groups in total. The minimum atomic E-state index is -0.720. The highest BCUT2D eigenvalue weighted by Gasteiger charge is 2.10. The van der Waals surface area contributed by atoms with Crippen molar-refractivity contribution in [2.24, 2.45) is 0 Å². The van der Waals surface area contributed by atoms with Gasteiger partial charge < -0.3 is 10.1 Å². The minimum absolute atomic E-state index is 0.0110. The first-order valence-corrected chi connectivity index (χ1v) is 5.96. The first-order valence-electron chi connectivity index (χ1n) is 5.96. The molecule has 1 heterocycles. The molecule has 19 heavy (non-hydrogen) atoms. The molecular weight excluding hydrogens is 250 g/mol. The summed E-state index contributed by atoms with van der Waals surface area (Å²) in [6.07, 6.45) is 1.62. The maximum Gasteiger partial charge on any atom is 0.191 e. The Labute approximate surface area is 110 Å². The highest BCUT2D eigenvalue weighted by molar-refractivity contribution is 5.42. The summed E-state index contributed by atoms with van der Waals surface area (Å²) >= 11 is 0. The van der Waals surface area contributed by atoms with Crippen molar-refractivity contribution in [1.29, 1.82) is 0 Å². The van der Waals surface area contributed by atoms with Gasteiger partial charge in [0.2, 0.25) is 0 Å². The Hall–Kier alpha value is -2.17. The van der Waals surface area contributed by atoms with Crippen LogP contribution in [-0.4, -0.2) is 11.5 Å². The third-order valence-electron chi connectivity index (χ3n) is 2.48. The zero-order valence-corrected chi connectivity index (χ0v) is 10.5. The molecule has 1 aromatic heterocycles. The second-order valence-corrected chi connectivity index (χ2v) is 3.91. The van der Waals surface area contributed by atoms with Crippen LogP contribution in [-0.2, 0) is 6.61 Å². The molecule has 0 unspecified atom stereocenters. The Balaban J connectivity index is 2.08. The Kier molecular flexibility index (Phi) is 4.28. The molecule has 100 valence electrons. The summed E-state index contributed by atoms with van der Waals surface area (Å²) in [5, 5.41) is 3.13. The van der Waals surface area contributed by atoms with Crippen molar-refractivity contribution in [3.63, 3.8) is 0 Å². The Morgan fingerprint density at radius 1 is 1.21 bits per heavy atom. The maximum atomic E-state index is 13.4. The van der Waals surface area contributed by atoms with Crippen LogP contribution in [0.15, 0.2) is 36.5 Å². The van der Waals surface area contributed by atoms with Crippen molar-refractivity contribution in [1.82, 2.24) is 4.98 Å². The molecule has 0 bridgehead atoms. The van der Waals surface area contributed by atoms with Gasteiger partial charge in [0.05, 0.1) is 5.69 Å². The van der Waals surface area contributed by atoms with E-state index in [9.17, 15) is 8.78 Å². The first-order chi connectivity index (χ1) is 9.20. The van der Waals surface area contributed by atoms with Crippen LogP contribution in [0.4, 0.5) is 14.5 Å². The van der Waals surface area contributed by atoms with Crippen LogP contribution in [0.5, 0.6) is 5.75 Å². The molecule has 0 radical (unpaired) electrons. The van der Waals surface area contributed by atoms with Gasteiger partial charge in [-0.05, 0) is 31.2 Å². The third kappa shape index (κ3) is 3.40. The Morgan fingerprint density at radius 2 is 1.95 bits per heavy atom. The molecule has 0 aliphatic rings. The summed E-state index contributed by atoms with van der Waals surface area (Å²) in [6, 6.07) is 7.20. The number of pyridine rings is 1. The average molecular weight is 264 g/mol. The van der Waals surface area contributed by atoms with Gasteiger partial charge in [-0.3, -0.25) is 4.98 Å². The predicted octanol–water partition coefficient (Wildman–Crippen LogP) is 3.37. The highest BCUT2D eigenvalue weighted by Crippen LogP contribution is 2.22. The molecule has 2 rings (SSSR count). The lowest BCUT2D eigenvalue weighted by Gasteiger charge is -2.09. The fourth-order valence-corrected chi connectivity index (χ4v) is 1.64. The summed E-state index contributed by atoms with van der Waals surface area (Å²) in [4.78, 5) is 4.09. The fourth-order valence-electron chi connectivity index (χ4n) is 1.64. The van der Waals surface area contributed by atoms with Crippen LogP contribution in [0.1, 0.15) is 12.6 Å². The van der Waals surface area contributed by atoms with Gasteiger partial charge in [0.25, 0.3) is 0 Å². The molecule has 3 nitrogen and oxygen atoms in total. The van der Waals surface area contributed by atoms with E-state index >= 15 is 0 Å². The number of rotatable bonds is 5. The van der Waals surface area contributed by atoms with Gasteiger partial charge in [-0.15, -0.1) is 0 Å². The summed E-state index contributed by atoms with van der Waals surface area (Å²) in [6.45, 7) is 2.77. The summed E-state index contributed by atoms with van der Waals surface area (Å²) < 4.78 is 31.9. The van der Waals surface area contributed by atoms with Crippen molar-refractivity contribution >= 4 is 5.69 Å². The lowest BCUT2D eigenvalue weighted by Crippen LogP contribution is -2.03.